The summed E-state index contributed by atoms with van der Waals surface area (Å²) in [6.45, 7) is 4.29. The molecule has 29 heavy (non-hydrogen) atoms. The topological polar surface area (TPSA) is 111 Å². The maximum Gasteiger partial charge on any atom is 0.325 e. The quantitative estimate of drug-likeness (QED) is 0.586. The van der Waals surface area contributed by atoms with E-state index in [2.05, 4.69) is 22.0 Å². The van der Waals surface area contributed by atoms with E-state index in [-0.39, 0.29) is 17.7 Å². The van der Waals surface area contributed by atoms with E-state index in [1.54, 1.807) is 7.05 Å². The van der Waals surface area contributed by atoms with Gasteiger partial charge in [-0.2, -0.15) is 0 Å². The van der Waals surface area contributed by atoms with Crippen LogP contribution in [-0.2, 0) is 9.59 Å². The Bertz CT molecular complexity index is 659. The smallest absolute Gasteiger partial charge is 0.325 e. The highest BCUT2D eigenvalue weighted by molar-refractivity contribution is 6.03. The summed E-state index contributed by atoms with van der Waals surface area (Å²) < 4.78 is 0. The van der Waals surface area contributed by atoms with Crippen LogP contribution >= 0.6 is 0 Å². The Hall–Kier alpha value is -2.32. The molecule has 2 unspecified atom stereocenters. The van der Waals surface area contributed by atoms with Gasteiger partial charge in [-0.3, -0.25) is 14.9 Å². The average Bonchev–Trinajstić information content (AvgIpc) is 3.09. The Morgan fingerprint density at radius 3 is 2.45 bits per heavy atom. The molecule has 9 nitrogen and oxygen atoms in total. The number of nitrogens with one attached hydrogen (secondary N) is 1. The molecule has 2 fully saturated rings. The van der Waals surface area contributed by atoms with E-state index in [4.69, 9.17) is 10.7 Å². The van der Waals surface area contributed by atoms with Gasteiger partial charge in [0.15, 0.2) is 18.2 Å². The van der Waals surface area contributed by atoms with Crippen molar-refractivity contribution in [2.24, 2.45) is 16.6 Å². The van der Waals surface area contributed by atoms with Crippen molar-refractivity contribution in [2.45, 2.75) is 70.5 Å². The second-order valence-electron chi connectivity index (χ2n) is 8.32. The largest absolute Gasteiger partial charge is 0.369 e. The normalized spacial score (nSPS) is 25.2. The number of urea groups is 1. The fourth-order valence-corrected chi connectivity index (χ4v) is 4.44. The number of amides is 4. The van der Waals surface area contributed by atoms with E-state index in [0.717, 1.165) is 25.3 Å². The fourth-order valence-electron chi connectivity index (χ4n) is 4.44. The van der Waals surface area contributed by atoms with E-state index in [9.17, 15) is 14.4 Å². The number of unbranched alkanes of at least 4 members (excludes halogenated alkanes) is 5. The second-order valence-corrected chi connectivity index (χ2v) is 8.32. The van der Waals surface area contributed by atoms with Crippen molar-refractivity contribution in [1.29, 1.82) is 0 Å². The van der Waals surface area contributed by atoms with Gasteiger partial charge in [0.25, 0.3) is 5.91 Å². The molecule has 0 spiro atoms. The number of guanidine groups is 1. The number of carbonyl (C=O) groups is 3. The molecule has 3 rings (SSSR count). The number of likely N-dealkylation sites (N-methyl/N-ethyl adjacent to an activating group) is 1. The molecule has 0 aliphatic carbocycles. The lowest BCUT2D eigenvalue weighted by atomic mass is 9.96. The predicted molar refractivity (Wildman–Crippen MR) is 110 cm³/mol. The van der Waals surface area contributed by atoms with Gasteiger partial charge < -0.3 is 20.4 Å². The van der Waals surface area contributed by atoms with Gasteiger partial charge >= 0.3 is 6.03 Å². The van der Waals surface area contributed by atoms with Crippen LogP contribution in [0.3, 0.4) is 0 Å². The molecule has 4 amide bonds. The Morgan fingerprint density at radius 1 is 1.14 bits per heavy atom. The first-order chi connectivity index (χ1) is 13.9. The molecule has 0 aromatic heterocycles. The lowest BCUT2D eigenvalue weighted by Crippen LogP contribution is -2.64. The van der Waals surface area contributed by atoms with Gasteiger partial charge in [-0.25, -0.2) is 9.79 Å². The summed E-state index contributed by atoms with van der Waals surface area (Å²) in [5.41, 5.74) is 5.46. The zero-order valence-electron chi connectivity index (χ0n) is 17.6. The highest BCUT2D eigenvalue weighted by atomic mass is 16.2. The Labute approximate surface area is 172 Å². The zero-order valence-corrected chi connectivity index (χ0v) is 17.6. The highest BCUT2D eigenvalue weighted by Crippen LogP contribution is 2.28. The number of likely N-dealkylation sites (tertiary alicyclic amines) is 1. The molecule has 3 heterocycles. The van der Waals surface area contributed by atoms with E-state index >= 15 is 0 Å². The Kier molecular flexibility index (Phi) is 6.97. The first-order valence-electron chi connectivity index (χ1n) is 10.9. The summed E-state index contributed by atoms with van der Waals surface area (Å²) in [6, 6.07) is -0.898. The van der Waals surface area contributed by atoms with Gasteiger partial charge in [0.2, 0.25) is 5.91 Å². The molecule has 2 atom stereocenters. The summed E-state index contributed by atoms with van der Waals surface area (Å²) in [6.07, 6.45) is 7.87. The first kappa shape index (κ1) is 21.4. The summed E-state index contributed by atoms with van der Waals surface area (Å²) in [4.78, 5) is 46.7. The molecule has 3 aliphatic rings. The van der Waals surface area contributed by atoms with E-state index in [1.807, 2.05) is 0 Å². The van der Waals surface area contributed by atoms with Crippen LogP contribution in [0.4, 0.5) is 4.79 Å². The summed E-state index contributed by atoms with van der Waals surface area (Å²) in [5.74, 6) is 0.137. The highest BCUT2D eigenvalue weighted by Gasteiger charge is 2.49. The van der Waals surface area contributed by atoms with Crippen LogP contribution < -0.4 is 11.1 Å². The second kappa shape index (κ2) is 9.45. The van der Waals surface area contributed by atoms with Crippen molar-refractivity contribution in [2.75, 3.05) is 26.7 Å². The standard InChI is InChI=1S/C20H34N6O3/c1-3-4-5-6-7-8-11-26-15-17(24(2)20(29)23-18(15)28)22-19(26)25-12-9-14(10-13-25)16(21)27/h14-15,17H,3-13H2,1-2H3,(H2,21,27)(H,23,28,29). The number of nitrogens with zero attached hydrogens (tertiary/aromatic N) is 4. The van der Waals surface area contributed by atoms with Crippen LogP contribution in [0.15, 0.2) is 4.99 Å². The maximum absolute atomic E-state index is 12.6. The van der Waals surface area contributed by atoms with Crippen LogP contribution in [-0.4, -0.2) is 77.4 Å². The molecule has 0 bridgehead atoms. The monoisotopic (exact) mass is 406 g/mol. The average molecular weight is 407 g/mol. The number of hydrogen-bond donors (Lipinski definition) is 2. The number of nitrogens with two attached hydrogens (primary N) is 1. The fraction of sp³-hybridized carbons (Fsp3) is 0.800. The van der Waals surface area contributed by atoms with E-state index < -0.39 is 18.2 Å². The van der Waals surface area contributed by atoms with Gasteiger partial charge in [0.05, 0.1) is 0 Å². The maximum atomic E-state index is 12.6. The molecule has 0 saturated carbocycles. The van der Waals surface area contributed by atoms with E-state index in [1.165, 1.54) is 30.6 Å². The third-order valence-corrected chi connectivity index (χ3v) is 6.27. The molecule has 3 aliphatic heterocycles. The van der Waals surface area contributed by atoms with E-state index in [0.29, 0.717) is 25.9 Å². The lowest BCUT2D eigenvalue weighted by molar-refractivity contribution is -0.127. The number of rotatable bonds is 8. The molecule has 2 saturated heterocycles. The molecule has 0 radical (unpaired) electrons. The van der Waals surface area contributed by atoms with Crippen molar-refractivity contribution in [3.05, 3.63) is 0 Å². The van der Waals surface area contributed by atoms with Crippen molar-refractivity contribution >= 4 is 23.8 Å². The SMILES string of the molecule is CCCCCCCCN1C(N2CCC(C(N)=O)CC2)=NC2C1C(=O)NC(=O)N2C. The number of fused-ring (bicyclic) bond motifs is 1. The molecule has 0 aromatic rings. The van der Waals surface area contributed by atoms with Gasteiger partial charge in [0.1, 0.15) is 0 Å². The summed E-state index contributed by atoms with van der Waals surface area (Å²) >= 11 is 0. The van der Waals surface area contributed by atoms with Gasteiger partial charge in [0, 0.05) is 32.6 Å². The van der Waals surface area contributed by atoms with Crippen LogP contribution in [0.2, 0.25) is 0 Å². The number of hydrogen-bond acceptors (Lipinski definition) is 6. The third kappa shape index (κ3) is 4.64. The Morgan fingerprint density at radius 2 is 1.79 bits per heavy atom. The number of piperidine rings is 1. The number of aliphatic imine (C=N–C) groups is 1. The minimum atomic E-state index is -0.500. The van der Waals surface area contributed by atoms with Crippen molar-refractivity contribution in [3.63, 3.8) is 0 Å². The number of carbonyl (C=O) groups excluding carboxylic acids is 3. The lowest BCUT2D eigenvalue weighted by Gasteiger charge is -2.39. The minimum Gasteiger partial charge on any atom is -0.369 e. The molecule has 3 N–H and O–H groups in total. The van der Waals surface area contributed by atoms with Crippen LogP contribution in [0, 0.1) is 5.92 Å². The van der Waals surface area contributed by atoms with Gasteiger partial charge in [-0.15, -0.1) is 0 Å². The summed E-state index contributed by atoms with van der Waals surface area (Å²) in [7, 11) is 1.67. The van der Waals surface area contributed by atoms with Crippen molar-refractivity contribution in [1.82, 2.24) is 20.0 Å². The Balaban J connectivity index is 1.69. The van der Waals surface area contributed by atoms with Crippen LogP contribution in [0.25, 0.3) is 0 Å². The minimum absolute atomic E-state index is 0.102. The molecule has 0 aromatic carbocycles. The first-order valence-corrected chi connectivity index (χ1v) is 10.9. The van der Waals surface area contributed by atoms with Crippen LogP contribution in [0.5, 0.6) is 0 Å². The van der Waals surface area contributed by atoms with Crippen LogP contribution in [0.1, 0.15) is 58.3 Å². The predicted octanol–water partition coefficient (Wildman–Crippen LogP) is 1.09. The zero-order chi connectivity index (χ0) is 21.0. The van der Waals surface area contributed by atoms with Crippen molar-refractivity contribution < 1.29 is 14.4 Å². The summed E-state index contributed by atoms with van der Waals surface area (Å²) in [5, 5.41) is 2.45. The molecule has 9 heteroatoms. The van der Waals surface area contributed by atoms with Gasteiger partial charge in [-0.05, 0) is 19.3 Å². The molecular weight excluding hydrogens is 372 g/mol. The molecular formula is C20H34N6O3. The van der Waals surface area contributed by atoms with Gasteiger partial charge in [-0.1, -0.05) is 39.0 Å². The molecule has 162 valence electrons. The number of imide groups is 1. The van der Waals surface area contributed by atoms with Crippen molar-refractivity contribution in [3.8, 4) is 0 Å². The third-order valence-electron chi connectivity index (χ3n) is 6.27. The number of primary amides is 1.